The Bertz CT molecular complexity index is 115. The number of nitrogens with zero attached hydrogens (tertiary/aromatic N) is 1. The molecule has 2 heterocycles. The van der Waals surface area contributed by atoms with Gasteiger partial charge in [0.2, 0.25) is 0 Å². The topological polar surface area (TPSA) is 35.3 Å². The van der Waals surface area contributed by atoms with Crippen LogP contribution < -0.4 is 0 Å². The average molecular weight is 152 g/mol. The summed E-state index contributed by atoms with van der Waals surface area (Å²) in [5, 5.41) is 0. The third kappa shape index (κ3) is 5.67. The Balaban J connectivity index is 0.000000167. The van der Waals surface area contributed by atoms with Gasteiger partial charge in [-0.05, 0) is 12.8 Å². The molecule has 4 heteroatoms. The number of rotatable bonds is 0. The van der Waals surface area contributed by atoms with Crippen LogP contribution >= 0.6 is 0 Å². The normalized spacial score (nSPS) is 14.5. The van der Waals surface area contributed by atoms with E-state index in [2.05, 4.69) is 9.40 Å². The van der Waals surface area contributed by atoms with Crippen LogP contribution in [0.5, 0.6) is 0 Å². The zero-order valence-electron chi connectivity index (χ0n) is 6.40. The molecule has 59 valence electrons. The van der Waals surface area contributed by atoms with E-state index in [1.165, 1.54) is 25.5 Å². The van der Waals surface area contributed by atoms with E-state index in [0.717, 1.165) is 13.2 Å². The van der Waals surface area contributed by atoms with Crippen molar-refractivity contribution in [3.8, 4) is 0 Å². The zero-order valence-corrected chi connectivity index (χ0v) is 6.40. The molecule has 1 aliphatic rings. The highest BCUT2D eigenvalue weighted by Crippen LogP contribution is 1.98. The molecular weight excluding hydrogens is 141 g/mol. The second kappa shape index (κ2) is 7.34. The van der Waals surface area contributed by atoms with Gasteiger partial charge in [0.1, 0.15) is 6.26 Å². The summed E-state index contributed by atoms with van der Waals surface area (Å²) in [6.45, 7) is 2.00. The van der Waals surface area contributed by atoms with Crippen LogP contribution in [0, 0.1) is 0 Å². The molecule has 0 aliphatic carbocycles. The highest BCUT2D eigenvalue weighted by Gasteiger charge is 1.94. The number of hydrogen-bond donors (Lipinski definition) is 0. The molecule has 0 saturated carbocycles. The highest BCUT2D eigenvalue weighted by molar-refractivity contribution is 5.75. The van der Waals surface area contributed by atoms with E-state index < -0.39 is 0 Å². The highest BCUT2D eigenvalue weighted by atomic mass is 16.5. The first kappa shape index (κ1) is 10.2. The lowest BCUT2D eigenvalue weighted by atomic mass is 10.4. The minimum atomic E-state index is 0. The van der Waals surface area contributed by atoms with E-state index in [1.807, 2.05) is 0 Å². The van der Waals surface area contributed by atoms with Gasteiger partial charge in [0.05, 0.1) is 6.20 Å². The summed E-state index contributed by atoms with van der Waals surface area (Å²) < 4.78 is 9.42. The maximum Gasteiger partial charge on any atom is 0.180 e. The van der Waals surface area contributed by atoms with Crippen LogP contribution in [0.25, 0.3) is 0 Å². The number of hydrogen-bond acceptors (Lipinski definition) is 3. The maximum absolute atomic E-state index is 4.94. The van der Waals surface area contributed by atoms with Crippen LogP contribution in [0.15, 0.2) is 23.3 Å². The quantitative estimate of drug-likeness (QED) is 0.522. The van der Waals surface area contributed by atoms with E-state index in [4.69, 9.17) is 4.74 Å². The van der Waals surface area contributed by atoms with Crippen molar-refractivity contribution in [1.82, 2.24) is 4.98 Å². The summed E-state index contributed by atoms with van der Waals surface area (Å²) >= 11 is 0. The van der Waals surface area contributed by atoms with Crippen LogP contribution in [0.3, 0.4) is 0 Å². The predicted molar refractivity (Wildman–Crippen MR) is 42.3 cm³/mol. The molecule has 0 atom stereocenters. The first-order valence-electron chi connectivity index (χ1n) is 3.40. The smallest absolute Gasteiger partial charge is 0.180 e. The summed E-state index contributed by atoms with van der Waals surface area (Å²) in [6, 6.07) is 0. The molecule has 0 amide bonds. The lowest BCUT2D eigenvalue weighted by Gasteiger charge is -1.76. The van der Waals surface area contributed by atoms with Gasteiger partial charge < -0.3 is 9.15 Å². The van der Waals surface area contributed by atoms with Crippen molar-refractivity contribution in [3.63, 3.8) is 0 Å². The van der Waals surface area contributed by atoms with Gasteiger partial charge in [0.15, 0.2) is 6.39 Å². The summed E-state index contributed by atoms with van der Waals surface area (Å²) in [5.41, 5.74) is 0. The molecule has 0 aromatic carbocycles. The van der Waals surface area contributed by atoms with Crippen molar-refractivity contribution in [1.29, 1.82) is 0 Å². The van der Waals surface area contributed by atoms with E-state index in [9.17, 15) is 0 Å². The molecule has 0 bridgehead atoms. The Morgan fingerprint density at radius 1 is 1.18 bits per heavy atom. The van der Waals surface area contributed by atoms with Gasteiger partial charge >= 0.3 is 0 Å². The molecule has 3 nitrogen and oxygen atoms in total. The molecule has 0 spiro atoms. The van der Waals surface area contributed by atoms with E-state index in [1.54, 1.807) is 6.20 Å². The standard InChI is InChI=1S/C4H8O.C3H3NO.B/c1-2-4-5-3-1;1-2-5-3-4-1;/h1-4H2;1-3H;. The average Bonchev–Trinajstić information content (AvgIpc) is 2.67. The summed E-state index contributed by atoms with van der Waals surface area (Å²) in [7, 11) is 0. The summed E-state index contributed by atoms with van der Waals surface area (Å²) in [6.07, 6.45) is 7.03. The third-order valence-corrected chi connectivity index (χ3v) is 1.17. The molecular formula is C7H11BNO2. The third-order valence-electron chi connectivity index (χ3n) is 1.17. The minimum Gasteiger partial charge on any atom is -0.452 e. The van der Waals surface area contributed by atoms with Crippen LogP contribution in [-0.4, -0.2) is 26.6 Å². The summed E-state index contributed by atoms with van der Waals surface area (Å²) in [4.78, 5) is 3.56. The first-order valence-corrected chi connectivity index (χ1v) is 3.40. The van der Waals surface area contributed by atoms with Crippen molar-refractivity contribution in [2.24, 2.45) is 0 Å². The number of aromatic nitrogens is 1. The molecule has 1 saturated heterocycles. The van der Waals surface area contributed by atoms with Gasteiger partial charge in [-0.2, -0.15) is 0 Å². The molecule has 0 N–H and O–H groups in total. The van der Waals surface area contributed by atoms with E-state index in [0.29, 0.717) is 0 Å². The van der Waals surface area contributed by atoms with Crippen molar-refractivity contribution < 1.29 is 9.15 Å². The van der Waals surface area contributed by atoms with Gasteiger partial charge in [0, 0.05) is 21.6 Å². The molecule has 1 aromatic heterocycles. The fourth-order valence-electron chi connectivity index (χ4n) is 0.686. The first-order chi connectivity index (χ1) is 5.00. The zero-order chi connectivity index (χ0) is 7.07. The van der Waals surface area contributed by atoms with Crippen LogP contribution in [0.2, 0.25) is 0 Å². The monoisotopic (exact) mass is 152 g/mol. The fourth-order valence-corrected chi connectivity index (χ4v) is 0.686. The lowest BCUT2D eigenvalue weighted by Crippen LogP contribution is -1.74. The molecule has 2 rings (SSSR count). The van der Waals surface area contributed by atoms with Crippen LogP contribution in [0.1, 0.15) is 12.8 Å². The van der Waals surface area contributed by atoms with Gasteiger partial charge in [-0.3, -0.25) is 0 Å². The van der Waals surface area contributed by atoms with Crippen molar-refractivity contribution >= 4 is 8.41 Å². The van der Waals surface area contributed by atoms with Gasteiger partial charge in [-0.25, -0.2) is 4.98 Å². The molecule has 1 fully saturated rings. The van der Waals surface area contributed by atoms with Crippen LogP contribution in [0.4, 0.5) is 0 Å². The van der Waals surface area contributed by atoms with Gasteiger partial charge in [0.25, 0.3) is 0 Å². The second-order valence-corrected chi connectivity index (χ2v) is 2.00. The van der Waals surface area contributed by atoms with Crippen molar-refractivity contribution in [2.45, 2.75) is 12.8 Å². The summed E-state index contributed by atoms with van der Waals surface area (Å²) in [5.74, 6) is 0. The number of oxazole rings is 1. The SMILES string of the molecule is C1CCOC1.[B].c1cocn1. The Morgan fingerprint density at radius 2 is 1.91 bits per heavy atom. The molecule has 1 aliphatic heterocycles. The Hall–Kier alpha value is -0.765. The van der Waals surface area contributed by atoms with E-state index >= 15 is 0 Å². The Morgan fingerprint density at radius 3 is 2.09 bits per heavy atom. The largest absolute Gasteiger partial charge is 0.452 e. The van der Waals surface area contributed by atoms with Gasteiger partial charge in [-0.15, -0.1) is 0 Å². The molecule has 11 heavy (non-hydrogen) atoms. The minimum absolute atomic E-state index is 0. The van der Waals surface area contributed by atoms with E-state index in [-0.39, 0.29) is 8.41 Å². The van der Waals surface area contributed by atoms with Crippen LogP contribution in [-0.2, 0) is 4.74 Å². The Labute approximate surface area is 68.3 Å². The fraction of sp³-hybridized carbons (Fsp3) is 0.571. The maximum atomic E-state index is 4.94. The number of ether oxygens (including phenoxy) is 1. The lowest BCUT2D eigenvalue weighted by molar-refractivity contribution is 0.198. The van der Waals surface area contributed by atoms with Gasteiger partial charge in [-0.1, -0.05) is 0 Å². The predicted octanol–water partition coefficient (Wildman–Crippen LogP) is 1.09. The molecule has 0 unspecified atom stereocenters. The Kier molecular flexibility index (Phi) is 6.83. The van der Waals surface area contributed by atoms with Crippen molar-refractivity contribution in [3.05, 3.63) is 18.9 Å². The molecule has 1 aromatic rings. The molecule has 3 radical (unpaired) electrons. The van der Waals surface area contributed by atoms with Crippen molar-refractivity contribution in [2.75, 3.05) is 13.2 Å². The second-order valence-electron chi connectivity index (χ2n) is 2.00.